The van der Waals surface area contributed by atoms with E-state index in [4.69, 9.17) is 0 Å². The van der Waals surface area contributed by atoms with Crippen LogP contribution in [0.2, 0.25) is 0 Å². The predicted octanol–water partition coefficient (Wildman–Crippen LogP) is 2.11. The van der Waals surface area contributed by atoms with E-state index in [0.29, 0.717) is 37.6 Å². The van der Waals surface area contributed by atoms with Crippen LogP contribution in [0.3, 0.4) is 0 Å². The topological polar surface area (TPSA) is 60.9 Å². The molecule has 1 aliphatic heterocycles. The van der Waals surface area contributed by atoms with Gasteiger partial charge in [0, 0.05) is 32.7 Å². The molecule has 7 heteroatoms. The molecule has 1 fully saturated rings. The molecule has 1 saturated heterocycles. The Morgan fingerprint density at radius 1 is 1.19 bits per heavy atom. The highest BCUT2D eigenvalue weighted by Gasteiger charge is 2.32. The fourth-order valence-electron chi connectivity index (χ4n) is 3.30. The molecule has 0 N–H and O–H groups in total. The van der Waals surface area contributed by atoms with Crippen LogP contribution >= 0.6 is 0 Å². The normalized spacial score (nSPS) is 17.1. The van der Waals surface area contributed by atoms with E-state index in [9.17, 15) is 13.2 Å². The molecule has 2 rings (SSSR count). The number of piperazine rings is 1. The Morgan fingerprint density at radius 3 is 2.22 bits per heavy atom. The molecule has 0 aromatic heterocycles. The molecule has 1 unspecified atom stereocenters. The van der Waals surface area contributed by atoms with Gasteiger partial charge in [0.1, 0.15) is 0 Å². The van der Waals surface area contributed by atoms with Crippen molar-refractivity contribution in [2.24, 2.45) is 0 Å². The standard InChI is InChI=1S/C20H31N3O3S/c1-6-21(15-16(2)3)18(5)20(24)22-11-13-23(14-12-22)27(25,26)19-9-7-17(4)8-10-19/h7-10,18H,2,6,11-15H2,1,3-5H3. The van der Waals surface area contributed by atoms with Crippen molar-refractivity contribution >= 4 is 15.9 Å². The van der Waals surface area contributed by atoms with E-state index in [0.717, 1.165) is 17.7 Å². The second-order valence-corrected chi connectivity index (χ2v) is 9.18. The number of sulfonamides is 1. The van der Waals surface area contributed by atoms with Crippen LogP contribution in [-0.2, 0) is 14.8 Å². The molecule has 1 aliphatic rings. The third-order valence-electron chi connectivity index (χ3n) is 4.99. The Hall–Kier alpha value is -1.70. The van der Waals surface area contributed by atoms with Crippen LogP contribution in [0.25, 0.3) is 0 Å². The minimum atomic E-state index is -3.51. The molecule has 1 amide bonds. The van der Waals surface area contributed by atoms with Crippen LogP contribution in [0.1, 0.15) is 26.3 Å². The van der Waals surface area contributed by atoms with Crippen LogP contribution in [-0.4, -0.2) is 73.7 Å². The van der Waals surface area contributed by atoms with E-state index >= 15 is 0 Å². The van der Waals surface area contributed by atoms with Gasteiger partial charge in [-0.25, -0.2) is 8.42 Å². The lowest BCUT2D eigenvalue weighted by molar-refractivity contribution is -0.137. The number of amides is 1. The van der Waals surface area contributed by atoms with Gasteiger partial charge in [-0.1, -0.05) is 36.8 Å². The zero-order valence-corrected chi connectivity index (χ0v) is 17.6. The van der Waals surface area contributed by atoms with Gasteiger partial charge in [0.05, 0.1) is 10.9 Å². The second-order valence-electron chi connectivity index (χ2n) is 7.24. The summed E-state index contributed by atoms with van der Waals surface area (Å²) in [6, 6.07) is 6.64. The van der Waals surface area contributed by atoms with E-state index in [-0.39, 0.29) is 11.9 Å². The number of likely N-dealkylation sites (N-methyl/N-ethyl adjacent to an activating group) is 1. The molecule has 27 heavy (non-hydrogen) atoms. The summed E-state index contributed by atoms with van der Waals surface area (Å²) in [7, 11) is -3.51. The highest BCUT2D eigenvalue weighted by molar-refractivity contribution is 7.89. The largest absolute Gasteiger partial charge is 0.339 e. The Kier molecular flexibility index (Phi) is 7.19. The van der Waals surface area contributed by atoms with Crippen molar-refractivity contribution in [3.8, 4) is 0 Å². The number of hydrogen-bond acceptors (Lipinski definition) is 4. The first-order valence-electron chi connectivity index (χ1n) is 9.40. The SMILES string of the molecule is C=C(C)CN(CC)C(C)C(=O)N1CCN(S(=O)(=O)c2ccc(C)cc2)CC1. The van der Waals surface area contributed by atoms with Crippen LogP contribution in [0.4, 0.5) is 0 Å². The number of carbonyl (C=O) groups is 1. The molecule has 1 heterocycles. The molecular formula is C20H31N3O3S. The maximum atomic E-state index is 12.8. The third kappa shape index (κ3) is 5.18. The van der Waals surface area contributed by atoms with Gasteiger partial charge in [0.2, 0.25) is 15.9 Å². The van der Waals surface area contributed by atoms with E-state index in [1.165, 1.54) is 4.31 Å². The van der Waals surface area contributed by atoms with Crippen LogP contribution in [0.5, 0.6) is 0 Å². The van der Waals surface area contributed by atoms with Crippen molar-refractivity contribution in [3.05, 3.63) is 42.0 Å². The fourth-order valence-corrected chi connectivity index (χ4v) is 4.72. The van der Waals surface area contributed by atoms with Crippen molar-refractivity contribution in [3.63, 3.8) is 0 Å². The molecule has 0 saturated carbocycles. The van der Waals surface area contributed by atoms with Crippen LogP contribution < -0.4 is 0 Å². The van der Waals surface area contributed by atoms with Crippen molar-refractivity contribution in [2.75, 3.05) is 39.3 Å². The maximum Gasteiger partial charge on any atom is 0.243 e. The Bertz CT molecular complexity index is 766. The van der Waals surface area contributed by atoms with Gasteiger partial charge >= 0.3 is 0 Å². The fraction of sp³-hybridized carbons (Fsp3) is 0.550. The van der Waals surface area contributed by atoms with Gasteiger partial charge in [-0.3, -0.25) is 9.69 Å². The van der Waals surface area contributed by atoms with Crippen LogP contribution in [0, 0.1) is 6.92 Å². The van der Waals surface area contributed by atoms with Gasteiger partial charge in [-0.15, -0.1) is 0 Å². The third-order valence-corrected chi connectivity index (χ3v) is 6.91. The number of nitrogens with zero attached hydrogens (tertiary/aromatic N) is 3. The lowest BCUT2D eigenvalue weighted by atomic mass is 10.2. The molecule has 0 bridgehead atoms. The van der Waals surface area contributed by atoms with Crippen molar-refractivity contribution in [1.29, 1.82) is 0 Å². The highest BCUT2D eigenvalue weighted by atomic mass is 32.2. The average Bonchev–Trinajstić information content (AvgIpc) is 2.65. The molecule has 0 radical (unpaired) electrons. The van der Waals surface area contributed by atoms with Crippen LogP contribution in [0.15, 0.2) is 41.3 Å². The zero-order valence-electron chi connectivity index (χ0n) is 16.8. The number of aryl methyl sites for hydroxylation is 1. The summed E-state index contributed by atoms with van der Waals surface area (Å²) in [4.78, 5) is 17.0. The summed E-state index contributed by atoms with van der Waals surface area (Å²) in [5, 5.41) is 0. The smallest absolute Gasteiger partial charge is 0.243 e. The lowest BCUT2D eigenvalue weighted by Crippen LogP contribution is -2.55. The Balaban J connectivity index is 2.00. The summed E-state index contributed by atoms with van der Waals surface area (Å²) in [6.45, 7) is 14.7. The first kappa shape index (κ1) is 21.6. The second kappa shape index (κ2) is 8.99. The molecule has 0 aliphatic carbocycles. The van der Waals surface area contributed by atoms with Gasteiger partial charge < -0.3 is 4.90 Å². The monoisotopic (exact) mass is 393 g/mol. The molecule has 1 aromatic carbocycles. The Labute approximate surface area is 163 Å². The van der Waals surface area contributed by atoms with E-state index in [2.05, 4.69) is 11.5 Å². The minimum absolute atomic E-state index is 0.0467. The molecule has 6 nitrogen and oxygen atoms in total. The first-order valence-corrected chi connectivity index (χ1v) is 10.8. The number of carbonyl (C=O) groups excluding carboxylic acids is 1. The van der Waals surface area contributed by atoms with E-state index in [1.54, 1.807) is 29.2 Å². The summed E-state index contributed by atoms with van der Waals surface area (Å²) in [5.74, 6) is 0.0467. The zero-order chi connectivity index (χ0) is 20.2. The molecule has 150 valence electrons. The van der Waals surface area contributed by atoms with Gasteiger partial charge in [-0.2, -0.15) is 4.31 Å². The molecule has 1 atom stereocenters. The minimum Gasteiger partial charge on any atom is -0.339 e. The number of benzene rings is 1. The highest BCUT2D eigenvalue weighted by Crippen LogP contribution is 2.19. The lowest BCUT2D eigenvalue weighted by Gasteiger charge is -2.37. The summed E-state index contributed by atoms with van der Waals surface area (Å²) >= 11 is 0. The number of rotatable bonds is 7. The summed E-state index contributed by atoms with van der Waals surface area (Å²) in [5.41, 5.74) is 2.04. The molecule has 0 spiro atoms. The Morgan fingerprint density at radius 2 is 1.74 bits per heavy atom. The van der Waals surface area contributed by atoms with Crippen molar-refractivity contribution < 1.29 is 13.2 Å². The van der Waals surface area contributed by atoms with E-state index in [1.807, 2.05) is 27.7 Å². The van der Waals surface area contributed by atoms with Gasteiger partial charge in [0.25, 0.3) is 0 Å². The van der Waals surface area contributed by atoms with Gasteiger partial charge in [0.15, 0.2) is 0 Å². The quantitative estimate of drug-likeness (QED) is 0.666. The molecular weight excluding hydrogens is 362 g/mol. The summed E-state index contributed by atoms with van der Waals surface area (Å²) < 4.78 is 27.0. The average molecular weight is 394 g/mol. The predicted molar refractivity (Wildman–Crippen MR) is 108 cm³/mol. The first-order chi connectivity index (χ1) is 12.7. The number of hydrogen-bond donors (Lipinski definition) is 0. The maximum absolute atomic E-state index is 12.8. The van der Waals surface area contributed by atoms with Gasteiger partial charge in [-0.05, 0) is 39.4 Å². The molecule has 1 aromatic rings. The van der Waals surface area contributed by atoms with Crippen molar-refractivity contribution in [1.82, 2.24) is 14.1 Å². The summed E-state index contributed by atoms with van der Waals surface area (Å²) in [6.07, 6.45) is 0. The van der Waals surface area contributed by atoms with E-state index < -0.39 is 10.0 Å². The van der Waals surface area contributed by atoms with Crippen molar-refractivity contribution in [2.45, 2.75) is 38.6 Å².